The van der Waals surface area contributed by atoms with E-state index in [1.165, 1.54) is 48.4 Å². The third-order valence-electron chi connectivity index (χ3n) is 5.06. The number of hydrogen-bond donors (Lipinski definition) is 2. The third-order valence-corrected chi connectivity index (χ3v) is 5.06. The fourth-order valence-electron chi connectivity index (χ4n) is 3.61. The topological polar surface area (TPSA) is 44.0 Å². The number of fused-ring (bicyclic) bond motifs is 1. The van der Waals surface area contributed by atoms with Gasteiger partial charge in [-0.25, -0.2) is 4.98 Å². The van der Waals surface area contributed by atoms with Gasteiger partial charge in [0.05, 0.1) is 11.4 Å². The van der Waals surface area contributed by atoms with E-state index in [9.17, 15) is 0 Å². The number of H-pyrrole nitrogens is 1. The van der Waals surface area contributed by atoms with Crippen molar-refractivity contribution in [1.29, 1.82) is 0 Å². The van der Waals surface area contributed by atoms with Crippen molar-refractivity contribution in [2.24, 2.45) is 0 Å². The Morgan fingerprint density at radius 1 is 1.14 bits per heavy atom. The number of hydrogen-bond acceptors (Lipinski definition) is 3. The lowest BCUT2D eigenvalue weighted by atomic mass is 10.0. The molecule has 0 spiro atoms. The average molecular weight is 296 g/mol. The van der Waals surface area contributed by atoms with E-state index in [1.807, 2.05) is 0 Å². The van der Waals surface area contributed by atoms with Gasteiger partial charge in [0.15, 0.2) is 0 Å². The summed E-state index contributed by atoms with van der Waals surface area (Å²) in [6.07, 6.45) is 3.71. The van der Waals surface area contributed by atoms with E-state index in [2.05, 4.69) is 46.4 Å². The Labute approximate surface area is 131 Å². The standard InChI is InChI=1S/C18H24N4/c1-13(22-10-2-3-11-22)14-4-6-15(7-5-14)18-20-16-8-9-19-12-17(16)21-18/h4-7,13,19H,2-3,8-12H2,1H3,(H,20,21). The molecule has 0 saturated carbocycles. The maximum Gasteiger partial charge on any atom is 0.137 e. The zero-order valence-electron chi connectivity index (χ0n) is 13.2. The van der Waals surface area contributed by atoms with Crippen LogP contribution in [0.2, 0.25) is 0 Å². The van der Waals surface area contributed by atoms with E-state index in [0.717, 1.165) is 25.3 Å². The molecular formula is C18H24N4. The lowest BCUT2D eigenvalue weighted by Crippen LogP contribution is -2.23. The summed E-state index contributed by atoms with van der Waals surface area (Å²) in [6.45, 7) is 6.73. The minimum atomic E-state index is 0.519. The molecule has 22 heavy (non-hydrogen) atoms. The molecule has 4 heteroatoms. The highest BCUT2D eigenvalue weighted by Gasteiger charge is 2.20. The van der Waals surface area contributed by atoms with E-state index in [1.54, 1.807) is 0 Å². The summed E-state index contributed by atoms with van der Waals surface area (Å²) in [5, 5.41) is 3.38. The van der Waals surface area contributed by atoms with Gasteiger partial charge in [0, 0.05) is 31.1 Å². The van der Waals surface area contributed by atoms with Gasteiger partial charge in [0.25, 0.3) is 0 Å². The Morgan fingerprint density at radius 3 is 2.64 bits per heavy atom. The van der Waals surface area contributed by atoms with E-state index >= 15 is 0 Å². The van der Waals surface area contributed by atoms with Crippen LogP contribution in [-0.4, -0.2) is 34.5 Å². The fraction of sp³-hybridized carbons (Fsp3) is 0.500. The minimum Gasteiger partial charge on any atom is -0.341 e. The third kappa shape index (κ3) is 2.57. The number of nitrogens with one attached hydrogen (secondary N) is 2. The summed E-state index contributed by atoms with van der Waals surface area (Å²) < 4.78 is 0. The second-order valence-corrected chi connectivity index (χ2v) is 6.48. The van der Waals surface area contributed by atoms with Gasteiger partial charge >= 0.3 is 0 Å². The molecule has 1 aromatic carbocycles. The van der Waals surface area contributed by atoms with E-state index in [4.69, 9.17) is 4.98 Å². The average Bonchev–Trinajstić information content (AvgIpc) is 3.23. The monoisotopic (exact) mass is 296 g/mol. The molecule has 2 N–H and O–H groups in total. The first kappa shape index (κ1) is 14.0. The van der Waals surface area contributed by atoms with Crippen molar-refractivity contribution in [2.45, 2.75) is 38.8 Å². The summed E-state index contributed by atoms with van der Waals surface area (Å²) in [4.78, 5) is 10.8. The number of aromatic nitrogens is 2. The molecule has 116 valence electrons. The largest absolute Gasteiger partial charge is 0.341 e. The highest BCUT2D eigenvalue weighted by molar-refractivity contribution is 5.57. The van der Waals surface area contributed by atoms with Gasteiger partial charge in [-0.05, 0) is 38.4 Å². The highest BCUT2D eigenvalue weighted by atomic mass is 15.2. The maximum absolute atomic E-state index is 4.77. The summed E-state index contributed by atoms with van der Waals surface area (Å²) in [5.41, 5.74) is 5.06. The Hall–Kier alpha value is -1.65. The second-order valence-electron chi connectivity index (χ2n) is 6.48. The number of benzene rings is 1. The predicted molar refractivity (Wildman–Crippen MR) is 88.7 cm³/mol. The van der Waals surface area contributed by atoms with Gasteiger partial charge in [0.2, 0.25) is 0 Å². The second kappa shape index (κ2) is 5.86. The van der Waals surface area contributed by atoms with Gasteiger partial charge < -0.3 is 10.3 Å². The molecule has 0 amide bonds. The Kier molecular flexibility index (Phi) is 3.72. The Bertz CT molecular complexity index is 614. The number of rotatable bonds is 3. The number of aromatic amines is 1. The van der Waals surface area contributed by atoms with Crippen molar-refractivity contribution in [3.05, 3.63) is 41.2 Å². The smallest absolute Gasteiger partial charge is 0.137 e. The quantitative estimate of drug-likeness (QED) is 0.915. The molecule has 2 aliphatic rings. The molecule has 3 heterocycles. The fourth-order valence-corrected chi connectivity index (χ4v) is 3.61. The van der Waals surface area contributed by atoms with Gasteiger partial charge in [0.1, 0.15) is 5.82 Å². The maximum atomic E-state index is 4.77. The van der Waals surface area contributed by atoms with Crippen molar-refractivity contribution in [3.8, 4) is 11.4 Å². The van der Waals surface area contributed by atoms with Crippen molar-refractivity contribution < 1.29 is 0 Å². The van der Waals surface area contributed by atoms with Gasteiger partial charge in [-0.2, -0.15) is 0 Å². The SMILES string of the molecule is CC(c1ccc(-c2nc3c([nH]2)CNCC3)cc1)N1CCCC1. The van der Waals surface area contributed by atoms with Crippen LogP contribution in [0.3, 0.4) is 0 Å². The molecule has 0 bridgehead atoms. The lowest BCUT2D eigenvalue weighted by molar-refractivity contribution is 0.263. The predicted octanol–water partition coefficient (Wildman–Crippen LogP) is 2.88. The molecule has 0 radical (unpaired) electrons. The molecule has 2 aliphatic heterocycles. The van der Waals surface area contributed by atoms with Gasteiger partial charge in [-0.3, -0.25) is 4.90 Å². The molecule has 2 aromatic rings. The number of likely N-dealkylation sites (tertiary alicyclic amines) is 1. The number of imidazole rings is 1. The minimum absolute atomic E-state index is 0.519. The van der Waals surface area contributed by atoms with Crippen LogP contribution in [0.4, 0.5) is 0 Å². The van der Waals surface area contributed by atoms with Crippen LogP contribution in [0, 0.1) is 0 Å². The first-order valence-corrected chi connectivity index (χ1v) is 8.44. The molecular weight excluding hydrogens is 272 g/mol. The van der Waals surface area contributed by atoms with Crippen molar-refractivity contribution >= 4 is 0 Å². The summed E-state index contributed by atoms with van der Waals surface area (Å²) in [6, 6.07) is 9.46. The van der Waals surface area contributed by atoms with Gasteiger partial charge in [-0.15, -0.1) is 0 Å². The molecule has 4 rings (SSSR count). The highest BCUT2D eigenvalue weighted by Crippen LogP contribution is 2.27. The van der Waals surface area contributed by atoms with E-state index < -0.39 is 0 Å². The zero-order chi connectivity index (χ0) is 14.9. The van der Waals surface area contributed by atoms with Crippen molar-refractivity contribution in [1.82, 2.24) is 20.2 Å². The number of nitrogens with zero attached hydrogens (tertiary/aromatic N) is 2. The van der Waals surface area contributed by atoms with Crippen LogP contribution in [0.25, 0.3) is 11.4 Å². The van der Waals surface area contributed by atoms with Crippen LogP contribution < -0.4 is 5.32 Å². The zero-order valence-corrected chi connectivity index (χ0v) is 13.2. The molecule has 1 fully saturated rings. The van der Waals surface area contributed by atoms with Crippen molar-refractivity contribution in [3.63, 3.8) is 0 Å². The lowest BCUT2D eigenvalue weighted by Gasteiger charge is -2.24. The Morgan fingerprint density at radius 2 is 1.91 bits per heavy atom. The van der Waals surface area contributed by atoms with E-state index in [-0.39, 0.29) is 0 Å². The molecule has 1 aromatic heterocycles. The van der Waals surface area contributed by atoms with Crippen LogP contribution in [-0.2, 0) is 13.0 Å². The van der Waals surface area contributed by atoms with Gasteiger partial charge in [-0.1, -0.05) is 24.3 Å². The van der Waals surface area contributed by atoms with E-state index in [0.29, 0.717) is 6.04 Å². The van der Waals surface area contributed by atoms with Crippen LogP contribution in [0.15, 0.2) is 24.3 Å². The summed E-state index contributed by atoms with van der Waals surface area (Å²) in [5.74, 6) is 1.01. The first-order chi connectivity index (χ1) is 10.8. The van der Waals surface area contributed by atoms with Crippen LogP contribution in [0.5, 0.6) is 0 Å². The Balaban J connectivity index is 1.55. The summed E-state index contributed by atoms with van der Waals surface area (Å²) in [7, 11) is 0. The van der Waals surface area contributed by atoms with Crippen molar-refractivity contribution in [2.75, 3.05) is 19.6 Å². The van der Waals surface area contributed by atoms with Crippen LogP contribution in [0.1, 0.15) is 42.8 Å². The molecule has 1 unspecified atom stereocenters. The first-order valence-electron chi connectivity index (χ1n) is 8.44. The molecule has 1 saturated heterocycles. The molecule has 1 atom stereocenters. The molecule has 0 aliphatic carbocycles. The molecule has 4 nitrogen and oxygen atoms in total. The van der Waals surface area contributed by atoms with Crippen LogP contribution >= 0.6 is 0 Å². The summed E-state index contributed by atoms with van der Waals surface area (Å²) >= 11 is 0. The normalized spacial score (nSPS) is 20.0.